The van der Waals surface area contributed by atoms with Gasteiger partial charge < -0.3 is 15.2 Å². The summed E-state index contributed by atoms with van der Waals surface area (Å²) < 4.78 is 10.2. The monoisotopic (exact) mass is 378 g/mol. The normalized spacial score (nSPS) is 15.7. The van der Waals surface area contributed by atoms with E-state index < -0.39 is 29.6 Å². The Morgan fingerprint density at radius 1 is 1.31 bits per heavy atom. The molecule has 0 spiro atoms. The number of amides is 3. The molecule has 8 nitrogen and oxygen atoms in total. The molecular weight excluding hydrogens is 360 g/mol. The number of imide groups is 1. The van der Waals surface area contributed by atoms with Gasteiger partial charge in [0.1, 0.15) is 12.3 Å². The number of ether oxygens (including phenoxy) is 2. The quantitative estimate of drug-likeness (QED) is 0.565. The number of carbonyl (C=O) groups is 4. The van der Waals surface area contributed by atoms with Crippen molar-refractivity contribution in [3.8, 4) is 5.75 Å². The summed E-state index contributed by atoms with van der Waals surface area (Å²) in [5.41, 5.74) is 5.62. The van der Waals surface area contributed by atoms with Crippen molar-refractivity contribution in [2.75, 3.05) is 13.2 Å². The van der Waals surface area contributed by atoms with Crippen LogP contribution in [0.15, 0.2) is 29.2 Å². The summed E-state index contributed by atoms with van der Waals surface area (Å²) in [6.45, 7) is 2.66. The van der Waals surface area contributed by atoms with Crippen LogP contribution in [0.3, 0.4) is 0 Å². The summed E-state index contributed by atoms with van der Waals surface area (Å²) in [7, 11) is 0. The van der Waals surface area contributed by atoms with E-state index in [9.17, 15) is 19.2 Å². The highest BCUT2D eigenvalue weighted by Gasteiger charge is 2.36. The molecule has 1 saturated heterocycles. The fourth-order valence-electron chi connectivity index (χ4n) is 2.07. The van der Waals surface area contributed by atoms with Crippen molar-refractivity contribution in [2.45, 2.75) is 20.0 Å². The van der Waals surface area contributed by atoms with Gasteiger partial charge in [0, 0.05) is 0 Å². The highest BCUT2D eigenvalue weighted by Crippen LogP contribution is 2.32. The second-order valence-electron chi connectivity index (χ2n) is 5.63. The number of esters is 1. The molecule has 1 heterocycles. The average molecular weight is 378 g/mol. The van der Waals surface area contributed by atoms with Crippen LogP contribution in [0.4, 0.5) is 4.79 Å². The van der Waals surface area contributed by atoms with Crippen molar-refractivity contribution in [1.29, 1.82) is 0 Å². The zero-order valence-corrected chi connectivity index (χ0v) is 15.1. The largest absolute Gasteiger partial charge is 0.484 e. The Balaban J connectivity index is 2.10. The van der Waals surface area contributed by atoms with E-state index >= 15 is 0 Å². The van der Waals surface area contributed by atoms with Gasteiger partial charge in [0.15, 0.2) is 6.61 Å². The number of hydrogen-bond donors (Lipinski definition) is 1. The van der Waals surface area contributed by atoms with E-state index in [2.05, 4.69) is 0 Å². The molecular formula is C17H18N2O6S. The first kappa shape index (κ1) is 19.5. The van der Waals surface area contributed by atoms with E-state index in [1.54, 1.807) is 38.1 Å². The Hall–Kier alpha value is -2.81. The van der Waals surface area contributed by atoms with Crippen LogP contribution in [0.1, 0.15) is 19.4 Å². The lowest BCUT2D eigenvalue weighted by Crippen LogP contribution is -2.35. The van der Waals surface area contributed by atoms with Crippen molar-refractivity contribution in [1.82, 2.24) is 4.90 Å². The molecule has 1 aromatic carbocycles. The van der Waals surface area contributed by atoms with E-state index in [4.69, 9.17) is 15.2 Å². The standard InChI is InChI=1S/C17H18N2O6S/c1-10(2)25-15(21)8-19-16(22)13(26-17(19)23)7-11-4-3-5-12(6-11)24-9-14(18)20/h3-7,10H,8-9H2,1-2H3,(H2,18,20)/b13-7-. The van der Waals surface area contributed by atoms with E-state index in [0.717, 1.165) is 16.7 Å². The molecule has 2 rings (SSSR count). The number of rotatable bonds is 7. The third-order valence-corrected chi connectivity index (χ3v) is 3.97. The number of carbonyl (C=O) groups excluding carboxylic acids is 4. The number of hydrogen-bond acceptors (Lipinski definition) is 7. The lowest BCUT2D eigenvalue weighted by atomic mass is 10.2. The zero-order chi connectivity index (χ0) is 19.3. The first-order valence-electron chi connectivity index (χ1n) is 7.72. The Bertz CT molecular complexity index is 774. The van der Waals surface area contributed by atoms with Gasteiger partial charge in [-0.2, -0.15) is 0 Å². The minimum atomic E-state index is -0.648. The molecule has 0 aromatic heterocycles. The molecule has 0 atom stereocenters. The molecule has 1 aliphatic heterocycles. The van der Waals surface area contributed by atoms with Gasteiger partial charge in [-0.05, 0) is 49.4 Å². The number of thioether (sulfide) groups is 1. The van der Waals surface area contributed by atoms with Crippen LogP contribution in [-0.4, -0.2) is 47.2 Å². The smallest absolute Gasteiger partial charge is 0.326 e. The van der Waals surface area contributed by atoms with Gasteiger partial charge in [0.25, 0.3) is 17.1 Å². The maximum absolute atomic E-state index is 12.4. The molecule has 2 N–H and O–H groups in total. The van der Waals surface area contributed by atoms with Crippen LogP contribution in [0.2, 0.25) is 0 Å². The Kier molecular flexibility index (Phi) is 6.40. The van der Waals surface area contributed by atoms with Crippen molar-refractivity contribution < 1.29 is 28.7 Å². The highest BCUT2D eigenvalue weighted by atomic mass is 32.2. The molecule has 0 unspecified atom stereocenters. The summed E-state index contributed by atoms with van der Waals surface area (Å²) in [4.78, 5) is 47.8. The van der Waals surface area contributed by atoms with Crippen LogP contribution in [0, 0.1) is 0 Å². The molecule has 1 fully saturated rings. The lowest BCUT2D eigenvalue weighted by molar-refractivity contribution is -0.149. The van der Waals surface area contributed by atoms with Gasteiger partial charge in [0.2, 0.25) is 0 Å². The van der Waals surface area contributed by atoms with Gasteiger partial charge >= 0.3 is 5.97 Å². The summed E-state index contributed by atoms with van der Waals surface area (Å²) in [6, 6.07) is 6.61. The van der Waals surface area contributed by atoms with E-state index in [0.29, 0.717) is 11.3 Å². The predicted octanol–water partition coefficient (Wildman–Crippen LogP) is 1.54. The fourth-order valence-corrected chi connectivity index (χ4v) is 2.90. The van der Waals surface area contributed by atoms with Crippen molar-refractivity contribution >= 4 is 40.9 Å². The zero-order valence-electron chi connectivity index (χ0n) is 14.3. The maximum Gasteiger partial charge on any atom is 0.326 e. The summed E-state index contributed by atoms with van der Waals surface area (Å²) >= 11 is 0.737. The first-order valence-corrected chi connectivity index (χ1v) is 8.54. The molecule has 0 aliphatic carbocycles. The Labute approximate surface area is 154 Å². The summed E-state index contributed by atoms with van der Waals surface area (Å²) in [5.74, 6) is -1.42. The highest BCUT2D eigenvalue weighted by molar-refractivity contribution is 8.18. The number of nitrogens with zero attached hydrogens (tertiary/aromatic N) is 1. The molecule has 0 saturated carbocycles. The predicted molar refractivity (Wildman–Crippen MR) is 95.0 cm³/mol. The SMILES string of the molecule is CC(C)OC(=O)CN1C(=O)S/C(=C\c2cccc(OCC(N)=O)c2)C1=O. The van der Waals surface area contributed by atoms with Gasteiger partial charge in [-0.25, -0.2) is 0 Å². The second-order valence-corrected chi connectivity index (χ2v) is 6.63. The van der Waals surface area contributed by atoms with Gasteiger partial charge in [-0.3, -0.25) is 24.1 Å². The minimum Gasteiger partial charge on any atom is -0.484 e. The average Bonchev–Trinajstić information content (AvgIpc) is 2.80. The topological polar surface area (TPSA) is 116 Å². The molecule has 3 amide bonds. The van der Waals surface area contributed by atoms with Crippen molar-refractivity contribution in [3.05, 3.63) is 34.7 Å². The Morgan fingerprint density at radius 2 is 2.04 bits per heavy atom. The minimum absolute atomic E-state index is 0.180. The van der Waals surface area contributed by atoms with E-state index in [1.165, 1.54) is 6.08 Å². The number of primary amides is 1. The van der Waals surface area contributed by atoms with Crippen molar-refractivity contribution in [3.63, 3.8) is 0 Å². The number of benzene rings is 1. The van der Waals surface area contributed by atoms with Crippen LogP contribution >= 0.6 is 11.8 Å². The molecule has 138 valence electrons. The van der Waals surface area contributed by atoms with Crippen LogP contribution < -0.4 is 10.5 Å². The maximum atomic E-state index is 12.4. The summed E-state index contributed by atoms with van der Waals surface area (Å²) in [6.07, 6.45) is 1.18. The first-order chi connectivity index (χ1) is 12.3. The van der Waals surface area contributed by atoms with E-state index in [1.807, 2.05) is 0 Å². The number of nitrogens with two attached hydrogens (primary N) is 1. The molecule has 1 aliphatic rings. The van der Waals surface area contributed by atoms with Gasteiger partial charge in [-0.15, -0.1) is 0 Å². The molecule has 0 radical (unpaired) electrons. The third-order valence-electron chi connectivity index (χ3n) is 3.06. The molecule has 1 aromatic rings. The molecule has 26 heavy (non-hydrogen) atoms. The fraction of sp³-hybridized carbons (Fsp3) is 0.294. The van der Waals surface area contributed by atoms with Crippen LogP contribution in [-0.2, 0) is 19.1 Å². The van der Waals surface area contributed by atoms with Crippen LogP contribution in [0.25, 0.3) is 6.08 Å². The second kappa shape index (κ2) is 8.52. The van der Waals surface area contributed by atoms with Crippen molar-refractivity contribution in [2.24, 2.45) is 5.73 Å². The van der Waals surface area contributed by atoms with Crippen LogP contribution in [0.5, 0.6) is 5.75 Å². The van der Waals surface area contributed by atoms with Gasteiger partial charge in [-0.1, -0.05) is 12.1 Å². The van der Waals surface area contributed by atoms with E-state index in [-0.39, 0.29) is 17.6 Å². The molecule has 9 heteroatoms. The van der Waals surface area contributed by atoms with Gasteiger partial charge in [0.05, 0.1) is 11.0 Å². The Morgan fingerprint density at radius 3 is 2.69 bits per heavy atom. The lowest BCUT2D eigenvalue weighted by Gasteiger charge is -2.13. The summed E-state index contributed by atoms with van der Waals surface area (Å²) in [5, 5.41) is -0.539. The molecule has 0 bridgehead atoms. The third kappa shape index (κ3) is 5.35.